The number of benzene rings is 1. The molecule has 1 aromatic carbocycles. The first-order valence-electron chi connectivity index (χ1n) is 7.19. The van der Waals surface area contributed by atoms with Crippen LogP contribution in [0.15, 0.2) is 24.3 Å². The minimum atomic E-state index is 0.184. The molecule has 1 heterocycles. The molecule has 0 unspecified atom stereocenters. The minimum absolute atomic E-state index is 0.184. The molecule has 3 nitrogen and oxygen atoms in total. The van der Waals surface area contributed by atoms with Crippen LogP contribution in [0.5, 0.6) is 0 Å². The summed E-state index contributed by atoms with van der Waals surface area (Å²) in [6.45, 7) is 6.45. The van der Waals surface area contributed by atoms with Gasteiger partial charge in [0.1, 0.15) is 0 Å². The Labute approximate surface area is 116 Å². The van der Waals surface area contributed by atoms with E-state index >= 15 is 0 Å². The maximum Gasteiger partial charge on any atom is 0.226 e. The second-order valence-corrected chi connectivity index (χ2v) is 5.76. The fourth-order valence-corrected chi connectivity index (χ4v) is 2.49. The van der Waals surface area contributed by atoms with Gasteiger partial charge in [-0.2, -0.15) is 0 Å². The van der Waals surface area contributed by atoms with Crippen molar-refractivity contribution in [2.45, 2.75) is 33.1 Å². The maximum absolute atomic E-state index is 12.0. The summed E-state index contributed by atoms with van der Waals surface area (Å²) >= 11 is 0. The van der Waals surface area contributed by atoms with Gasteiger partial charge < -0.3 is 9.80 Å². The van der Waals surface area contributed by atoms with Crippen molar-refractivity contribution in [3.63, 3.8) is 0 Å². The predicted octanol–water partition coefficient (Wildman–Crippen LogP) is 3.30. The van der Waals surface area contributed by atoms with E-state index in [4.69, 9.17) is 0 Å². The molecule has 0 atom stereocenters. The van der Waals surface area contributed by atoms with Crippen molar-refractivity contribution in [2.24, 2.45) is 5.92 Å². The van der Waals surface area contributed by atoms with Crippen molar-refractivity contribution in [1.29, 1.82) is 0 Å². The normalized spacial score (nSPS) is 15.1. The van der Waals surface area contributed by atoms with E-state index in [1.807, 2.05) is 19.2 Å². The van der Waals surface area contributed by atoms with Crippen LogP contribution in [0.1, 0.15) is 33.1 Å². The fraction of sp³-hybridized carbons (Fsp3) is 0.562. The molecule has 3 heteroatoms. The third-order valence-corrected chi connectivity index (χ3v) is 3.67. The number of nitrogens with zero attached hydrogens (tertiary/aromatic N) is 2. The summed E-state index contributed by atoms with van der Waals surface area (Å²) in [6, 6.07) is 8.34. The van der Waals surface area contributed by atoms with E-state index in [0.29, 0.717) is 12.3 Å². The van der Waals surface area contributed by atoms with Crippen molar-refractivity contribution in [1.82, 2.24) is 0 Å². The van der Waals surface area contributed by atoms with Crippen LogP contribution in [0.25, 0.3) is 0 Å². The van der Waals surface area contributed by atoms with E-state index in [9.17, 15) is 4.79 Å². The molecule has 1 aliphatic heterocycles. The van der Waals surface area contributed by atoms with Gasteiger partial charge in [-0.05, 0) is 43.0 Å². The molecular formula is C16H24N2O. The Morgan fingerprint density at radius 1 is 1.21 bits per heavy atom. The first-order valence-corrected chi connectivity index (χ1v) is 7.19. The molecule has 0 aromatic heterocycles. The molecule has 0 radical (unpaired) electrons. The second kappa shape index (κ2) is 6.09. The third kappa shape index (κ3) is 3.49. The Hall–Kier alpha value is -1.51. The van der Waals surface area contributed by atoms with Gasteiger partial charge in [-0.1, -0.05) is 13.8 Å². The summed E-state index contributed by atoms with van der Waals surface area (Å²) < 4.78 is 0. The quantitative estimate of drug-likeness (QED) is 0.829. The van der Waals surface area contributed by atoms with Crippen LogP contribution in [0.2, 0.25) is 0 Å². The largest absolute Gasteiger partial charge is 0.372 e. The van der Waals surface area contributed by atoms with Crippen molar-refractivity contribution in [3.05, 3.63) is 24.3 Å². The SMILES string of the molecule is CC(C)CC(=O)N(C)c1ccc(N2CCCC2)cc1. The molecule has 1 saturated heterocycles. The van der Waals surface area contributed by atoms with Crippen LogP contribution in [0.4, 0.5) is 11.4 Å². The van der Waals surface area contributed by atoms with Crippen LogP contribution in [0, 0.1) is 5.92 Å². The van der Waals surface area contributed by atoms with Gasteiger partial charge in [-0.15, -0.1) is 0 Å². The topological polar surface area (TPSA) is 23.6 Å². The molecule has 0 spiro atoms. The highest BCUT2D eigenvalue weighted by atomic mass is 16.2. The summed E-state index contributed by atoms with van der Waals surface area (Å²) in [4.78, 5) is 16.2. The van der Waals surface area contributed by atoms with Crippen LogP contribution in [-0.4, -0.2) is 26.0 Å². The summed E-state index contributed by atoms with van der Waals surface area (Å²) in [6.07, 6.45) is 3.17. The van der Waals surface area contributed by atoms with Crippen molar-refractivity contribution < 1.29 is 4.79 Å². The lowest BCUT2D eigenvalue weighted by Crippen LogP contribution is -2.27. The Bertz CT molecular complexity index is 419. The molecule has 2 rings (SSSR count). The molecule has 1 amide bonds. The predicted molar refractivity (Wildman–Crippen MR) is 80.8 cm³/mol. The van der Waals surface area contributed by atoms with E-state index in [2.05, 4.69) is 30.9 Å². The Morgan fingerprint density at radius 2 is 1.79 bits per heavy atom. The van der Waals surface area contributed by atoms with Crippen LogP contribution in [-0.2, 0) is 4.79 Å². The number of carbonyl (C=O) groups excluding carboxylic acids is 1. The first-order chi connectivity index (χ1) is 9.08. The Balaban J connectivity index is 2.02. The van der Waals surface area contributed by atoms with Gasteiger partial charge in [0.2, 0.25) is 5.91 Å². The van der Waals surface area contributed by atoms with Crippen LogP contribution >= 0.6 is 0 Å². The first kappa shape index (κ1) is 13.9. The molecule has 104 valence electrons. The van der Waals surface area contributed by atoms with Gasteiger partial charge in [0, 0.05) is 37.9 Å². The molecule has 0 aliphatic carbocycles. The van der Waals surface area contributed by atoms with Crippen molar-refractivity contribution >= 4 is 17.3 Å². The third-order valence-electron chi connectivity index (χ3n) is 3.67. The lowest BCUT2D eigenvalue weighted by atomic mass is 10.1. The highest BCUT2D eigenvalue weighted by Gasteiger charge is 2.15. The van der Waals surface area contributed by atoms with Gasteiger partial charge in [0.25, 0.3) is 0 Å². The zero-order valence-electron chi connectivity index (χ0n) is 12.2. The molecule has 19 heavy (non-hydrogen) atoms. The molecule has 0 bridgehead atoms. The summed E-state index contributed by atoms with van der Waals surface area (Å²) in [7, 11) is 1.86. The fourth-order valence-electron chi connectivity index (χ4n) is 2.49. The van der Waals surface area contributed by atoms with Gasteiger partial charge in [-0.25, -0.2) is 0 Å². The Morgan fingerprint density at radius 3 is 2.32 bits per heavy atom. The summed E-state index contributed by atoms with van der Waals surface area (Å²) in [5.41, 5.74) is 2.25. The van der Waals surface area contributed by atoms with E-state index in [0.717, 1.165) is 18.8 Å². The molecule has 0 N–H and O–H groups in total. The molecule has 1 aromatic rings. The highest BCUT2D eigenvalue weighted by Crippen LogP contribution is 2.23. The van der Waals surface area contributed by atoms with Crippen LogP contribution in [0.3, 0.4) is 0 Å². The maximum atomic E-state index is 12.0. The molecule has 1 aliphatic rings. The number of rotatable bonds is 4. The van der Waals surface area contributed by atoms with Gasteiger partial charge >= 0.3 is 0 Å². The number of anilines is 2. The van der Waals surface area contributed by atoms with Crippen molar-refractivity contribution in [2.75, 3.05) is 29.9 Å². The van der Waals surface area contributed by atoms with E-state index in [1.165, 1.54) is 18.5 Å². The lowest BCUT2D eigenvalue weighted by molar-refractivity contribution is -0.119. The Kier molecular flexibility index (Phi) is 4.46. The van der Waals surface area contributed by atoms with Gasteiger partial charge in [0.15, 0.2) is 0 Å². The number of hydrogen-bond acceptors (Lipinski definition) is 2. The van der Waals surface area contributed by atoms with E-state index < -0.39 is 0 Å². The highest BCUT2D eigenvalue weighted by molar-refractivity contribution is 5.93. The molecule has 0 saturated carbocycles. The number of hydrogen-bond donors (Lipinski definition) is 0. The van der Waals surface area contributed by atoms with Crippen LogP contribution < -0.4 is 9.80 Å². The lowest BCUT2D eigenvalue weighted by Gasteiger charge is -2.21. The van der Waals surface area contributed by atoms with E-state index in [1.54, 1.807) is 4.90 Å². The van der Waals surface area contributed by atoms with Crippen molar-refractivity contribution in [3.8, 4) is 0 Å². The number of carbonyl (C=O) groups is 1. The minimum Gasteiger partial charge on any atom is -0.372 e. The van der Waals surface area contributed by atoms with Gasteiger partial charge in [-0.3, -0.25) is 4.79 Å². The zero-order valence-corrected chi connectivity index (χ0v) is 12.2. The monoisotopic (exact) mass is 260 g/mol. The molecular weight excluding hydrogens is 236 g/mol. The summed E-state index contributed by atoms with van der Waals surface area (Å²) in [5.74, 6) is 0.586. The van der Waals surface area contributed by atoms with E-state index in [-0.39, 0.29) is 5.91 Å². The smallest absolute Gasteiger partial charge is 0.226 e. The average molecular weight is 260 g/mol. The molecule has 1 fully saturated rings. The van der Waals surface area contributed by atoms with Gasteiger partial charge in [0.05, 0.1) is 0 Å². The second-order valence-electron chi connectivity index (χ2n) is 5.76. The summed E-state index contributed by atoms with van der Waals surface area (Å²) in [5, 5.41) is 0. The standard InChI is InChI=1S/C16H24N2O/c1-13(2)12-16(19)17(3)14-6-8-15(9-7-14)18-10-4-5-11-18/h6-9,13H,4-5,10-12H2,1-3H3. The number of amides is 1. The zero-order chi connectivity index (χ0) is 13.8. The average Bonchev–Trinajstić information content (AvgIpc) is 2.91.